The van der Waals surface area contributed by atoms with Crippen LogP contribution >= 0.6 is 15.9 Å². The van der Waals surface area contributed by atoms with Gasteiger partial charge in [0, 0.05) is 17.8 Å². The molecule has 2 N–H and O–H groups in total. The Hall–Kier alpha value is -1.46. The summed E-state index contributed by atoms with van der Waals surface area (Å²) >= 11 is 3.10. The summed E-state index contributed by atoms with van der Waals surface area (Å²) in [6.45, 7) is 2.48. The number of rotatable bonds is 4. The lowest BCUT2D eigenvalue weighted by Crippen LogP contribution is -2.03. The van der Waals surface area contributed by atoms with Gasteiger partial charge in [-0.25, -0.2) is 9.37 Å². The highest BCUT2D eigenvalue weighted by molar-refractivity contribution is 9.10. The Morgan fingerprint density at radius 1 is 1.37 bits per heavy atom. The molecule has 0 saturated heterocycles. The van der Waals surface area contributed by atoms with Crippen LogP contribution in [0.3, 0.4) is 0 Å². The zero-order valence-corrected chi connectivity index (χ0v) is 12.1. The summed E-state index contributed by atoms with van der Waals surface area (Å²) in [4.78, 5) is 4.23. The van der Waals surface area contributed by atoms with Crippen LogP contribution in [0.15, 0.2) is 34.9 Å². The van der Waals surface area contributed by atoms with Gasteiger partial charge in [0.15, 0.2) is 0 Å². The summed E-state index contributed by atoms with van der Waals surface area (Å²) in [5.41, 5.74) is 7.46. The number of nitrogens with two attached hydrogens (primary N) is 1. The van der Waals surface area contributed by atoms with Crippen molar-refractivity contribution in [3.05, 3.63) is 51.9 Å². The molecule has 1 aromatic carbocycles. The van der Waals surface area contributed by atoms with Crippen molar-refractivity contribution in [2.45, 2.75) is 13.3 Å². The Bertz CT molecular complexity index is 590. The highest BCUT2D eigenvalue weighted by atomic mass is 79.9. The highest BCUT2D eigenvalue weighted by Crippen LogP contribution is 2.26. The zero-order valence-electron chi connectivity index (χ0n) is 10.5. The zero-order chi connectivity index (χ0) is 13.8. The standard InChI is InChI=1S/C14H14BrFN2O/c1-9-6-10(4-5-17)8-18-14(9)19-11-2-3-12(15)13(16)7-11/h2-3,6-8H,4-5,17H2,1H3. The van der Waals surface area contributed by atoms with Crippen molar-refractivity contribution in [2.24, 2.45) is 5.73 Å². The van der Waals surface area contributed by atoms with Gasteiger partial charge in [0.25, 0.3) is 0 Å². The van der Waals surface area contributed by atoms with Crippen LogP contribution in [0.4, 0.5) is 4.39 Å². The van der Waals surface area contributed by atoms with Gasteiger partial charge in [0.1, 0.15) is 11.6 Å². The fourth-order valence-corrected chi connectivity index (χ4v) is 1.93. The van der Waals surface area contributed by atoms with Gasteiger partial charge in [-0.05, 0) is 59.6 Å². The highest BCUT2D eigenvalue weighted by Gasteiger charge is 2.07. The van der Waals surface area contributed by atoms with Crippen molar-refractivity contribution in [1.82, 2.24) is 4.98 Å². The second kappa shape index (κ2) is 6.12. The number of hydrogen-bond acceptors (Lipinski definition) is 3. The molecule has 3 nitrogen and oxygen atoms in total. The Morgan fingerprint density at radius 2 is 2.16 bits per heavy atom. The maximum Gasteiger partial charge on any atom is 0.222 e. The van der Waals surface area contributed by atoms with E-state index in [0.717, 1.165) is 17.5 Å². The molecule has 0 fully saturated rings. The van der Waals surface area contributed by atoms with Crippen molar-refractivity contribution < 1.29 is 9.13 Å². The predicted octanol–water partition coefficient (Wildman–Crippen LogP) is 3.59. The SMILES string of the molecule is Cc1cc(CCN)cnc1Oc1ccc(Br)c(F)c1. The minimum absolute atomic E-state index is 0.366. The summed E-state index contributed by atoms with van der Waals surface area (Å²) in [7, 11) is 0. The minimum atomic E-state index is -0.366. The third-order valence-corrected chi connectivity index (χ3v) is 3.27. The van der Waals surface area contributed by atoms with E-state index in [1.54, 1.807) is 18.3 Å². The summed E-state index contributed by atoms with van der Waals surface area (Å²) < 4.78 is 19.4. The Labute approximate surface area is 119 Å². The molecule has 0 aliphatic carbocycles. The van der Waals surface area contributed by atoms with Crippen molar-refractivity contribution in [3.8, 4) is 11.6 Å². The monoisotopic (exact) mass is 324 g/mol. The van der Waals surface area contributed by atoms with E-state index in [2.05, 4.69) is 20.9 Å². The van der Waals surface area contributed by atoms with Crippen LogP contribution in [0.5, 0.6) is 11.6 Å². The molecule has 0 aliphatic rings. The van der Waals surface area contributed by atoms with Crippen LogP contribution in [0, 0.1) is 12.7 Å². The lowest BCUT2D eigenvalue weighted by atomic mass is 10.1. The van der Waals surface area contributed by atoms with Gasteiger partial charge in [-0.15, -0.1) is 0 Å². The molecule has 0 bridgehead atoms. The molecule has 5 heteroatoms. The van der Waals surface area contributed by atoms with E-state index in [0.29, 0.717) is 22.6 Å². The Kier molecular flexibility index (Phi) is 4.50. The average molecular weight is 325 g/mol. The molecule has 0 spiro atoms. The smallest absolute Gasteiger partial charge is 0.222 e. The van der Waals surface area contributed by atoms with E-state index < -0.39 is 0 Å². The van der Waals surface area contributed by atoms with Gasteiger partial charge in [0.05, 0.1) is 4.47 Å². The van der Waals surface area contributed by atoms with E-state index in [-0.39, 0.29) is 5.82 Å². The van der Waals surface area contributed by atoms with Crippen molar-refractivity contribution in [2.75, 3.05) is 6.54 Å². The number of hydrogen-bond donors (Lipinski definition) is 1. The number of pyridine rings is 1. The number of nitrogens with zero attached hydrogens (tertiary/aromatic N) is 1. The molecule has 1 heterocycles. The molecule has 1 aromatic heterocycles. The molecule has 100 valence electrons. The first-order valence-corrected chi connectivity index (χ1v) is 6.68. The molecule has 2 rings (SSSR count). The number of aromatic nitrogens is 1. The van der Waals surface area contributed by atoms with Gasteiger partial charge < -0.3 is 10.5 Å². The first kappa shape index (κ1) is 14.0. The fraction of sp³-hybridized carbons (Fsp3) is 0.214. The molecular formula is C14H14BrFN2O. The van der Waals surface area contributed by atoms with Gasteiger partial charge >= 0.3 is 0 Å². The van der Waals surface area contributed by atoms with E-state index in [1.807, 2.05) is 13.0 Å². The molecular weight excluding hydrogens is 311 g/mol. The van der Waals surface area contributed by atoms with Crippen molar-refractivity contribution >= 4 is 15.9 Å². The molecule has 0 unspecified atom stereocenters. The molecule has 0 atom stereocenters. The third kappa shape index (κ3) is 3.52. The summed E-state index contributed by atoms with van der Waals surface area (Å²) in [5.74, 6) is 0.528. The number of aryl methyl sites for hydroxylation is 1. The van der Waals surface area contributed by atoms with Crippen molar-refractivity contribution in [1.29, 1.82) is 0 Å². The van der Waals surface area contributed by atoms with Crippen LogP contribution in [-0.2, 0) is 6.42 Å². The normalized spacial score (nSPS) is 10.5. The third-order valence-electron chi connectivity index (χ3n) is 2.63. The van der Waals surface area contributed by atoms with Gasteiger partial charge in [0.2, 0.25) is 5.88 Å². The predicted molar refractivity (Wildman–Crippen MR) is 75.9 cm³/mol. The molecule has 0 saturated carbocycles. The second-order valence-electron chi connectivity index (χ2n) is 4.18. The molecule has 2 aromatic rings. The van der Waals surface area contributed by atoms with Crippen LogP contribution in [0.1, 0.15) is 11.1 Å². The quantitative estimate of drug-likeness (QED) is 0.935. The Morgan fingerprint density at radius 3 is 2.79 bits per heavy atom. The average Bonchev–Trinajstić information content (AvgIpc) is 2.37. The molecule has 0 radical (unpaired) electrons. The maximum absolute atomic E-state index is 13.4. The largest absolute Gasteiger partial charge is 0.439 e. The summed E-state index contributed by atoms with van der Waals surface area (Å²) in [5, 5.41) is 0. The van der Waals surface area contributed by atoms with E-state index >= 15 is 0 Å². The first-order chi connectivity index (χ1) is 9.10. The van der Waals surface area contributed by atoms with E-state index in [1.165, 1.54) is 6.07 Å². The van der Waals surface area contributed by atoms with Gasteiger partial charge in [-0.1, -0.05) is 0 Å². The maximum atomic E-state index is 13.4. The number of benzene rings is 1. The van der Waals surface area contributed by atoms with Crippen molar-refractivity contribution in [3.63, 3.8) is 0 Å². The minimum Gasteiger partial charge on any atom is -0.439 e. The Balaban J connectivity index is 2.20. The topological polar surface area (TPSA) is 48.1 Å². The van der Waals surface area contributed by atoms with E-state index in [9.17, 15) is 4.39 Å². The summed E-state index contributed by atoms with van der Waals surface area (Å²) in [6.07, 6.45) is 2.51. The first-order valence-electron chi connectivity index (χ1n) is 5.88. The lowest BCUT2D eigenvalue weighted by Gasteiger charge is -2.09. The number of ether oxygens (including phenoxy) is 1. The van der Waals surface area contributed by atoms with Gasteiger partial charge in [-0.3, -0.25) is 0 Å². The van der Waals surface area contributed by atoms with Crippen LogP contribution < -0.4 is 10.5 Å². The van der Waals surface area contributed by atoms with Crippen LogP contribution in [0.2, 0.25) is 0 Å². The van der Waals surface area contributed by atoms with Gasteiger partial charge in [-0.2, -0.15) is 0 Å². The second-order valence-corrected chi connectivity index (χ2v) is 5.04. The van der Waals surface area contributed by atoms with E-state index in [4.69, 9.17) is 10.5 Å². The summed E-state index contributed by atoms with van der Waals surface area (Å²) in [6, 6.07) is 6.58. The lowest BCUT2D eigenvalue weighted by molar-refractivity contribution is 0.453. The number of halogens is 2. The molecule has 19 heavy (non-hydrogen) atoms. The molecule has 0 amide bonds. The van der Waals surface area contributed by atoms with Crippen LogP contribution in [0.25, 0.3) is 0 Å². The molecule has 0 aliphatic heterocycles. The van der Waals surface area contributed by atoms with Crippen LogP contribution in [-0.4, -0.2) is 11.5 Å². The fourth-order valence-electron chi connectivity index (χ4n) is 1.68.